The molecule has 1 atom stereocenters. The second kappa shape index (κ2) is 9.06. The van der Waals surface area contributed by atoms with Gasteiger partial charge in [0.15, 0.2) is 11.5 Å². The smallest absolute Gasteiger partial charge is 0.255 e. The van der Waals surface area contributed by atoms with Crippen LogP contribution in [0.25, 0.3) is 16.9 Å². The number of carbonyl (C=O) groups excluding carboxylic acids is 1. The number of nitrogens with one attached hydrogen (secondary N) is 2. The Hall–Kier alpha value is -3.58. The normalized spacial score (nSPS) is 12.4. The molecule has 1 unspecified atom stereocenters. The van der Waals surface area contributed by atoms with Gasteiger partial charge >= 0.3 is 0 Å². The molecule has 0 aliphatic rings. The van der Waals surface area contributed by atoms with Crippen molar-refractivity contribution in [2.24, 2.45) is 0 Å². The Morgan fingerprint density at radius 3 is 2.77 bits per heavy atom. The van der Waals surface area contributed by atoms with Crippen molar-refractivity contribution >= 4 is 22.6 Å². The number of nitrogens with zero attached hydrogens (tertiary/aromatic N) is 5. The van der Waals surface area contributed by atoms with Crippen LogP contribution in [-0.2, 0) is 0 Å². The average molecular weight is 425 g/mol. The van der Waals surface area contributed by atoms with Crippen LogP contribution in [0.2, 0.25) is 0 Å². The zero-order valence-electron chi connectivity index (χ0n) is 17.6. The first kappa shape index (κ1) is 22.1. The van der Waals surface area contributed by atoms with Gasteiger partial charge in [-0.05, 0) is 26.3 Å². The average Bonchev–Trinajstić information content (AvgIpc) is 3.17. The van der Waals surface area contributed by atoms with E-state index >= 15 is 0 Å². The van der Waals surface area contributed by atoms with Crippen LogP contribution in [0.4, 0.5) is 10.1 Å². The highest BCUT2D eigenvalue weighted by Gasteiger charge is 2.27. The number of fused-ring (bicyclic) bond motifs is 1. The minimum atomic E-state index is -1.62. The van der Waals surface area contributed by atoms with Crippen LogP contribution >= 0.6 is 0 Å². The summed E-state index contributed by atoms with van der Waals surface area (Å²) in [6, 6.07) is 5.38. The van der Waals surface area contributed by atoms with E-state index in [0.717, 1.165) is 6.42 Å². The second-order valence-electron chi connectivity index (χ2n) is 7.65. The van der Waals surface area contributed by atoms with Gasteiger partial charge in [-0.1, -0.05) is 6.92 Å². The van der Waals surface area contributed by atoms with Crippen LogP contribution < -0.4 is 10.6 Å². The predicted molar refractivity (Wildman–Crippen MR) is 114 cm³/mol. The lowest BCUT2D eigenvalue weighted by molar-refractivity contribution is -0.00177. The van der Waals surface area contributed by atoms with E-state index in [-0.39, 0.29) is 12.1 Å². The van der Waals surface area contributed by atoms with Gasteiger partial charge in [0.1, 0.15) is 12.2 Å². The number of aromatic nitrogens is 4. The maximum atomic E-state index is 14.0. The zero-order chi connectivity index (χ0) is 22.6. The van der Waals surface area contributed by atoms with E-state index in [9.17, 15) is 14.3 Å². The molecule has 31 heavy (non-hydrogen) atoms. The molecular weight excluding hydrogens is 401 g/mol. The fourth-order valence-electron chi connectivity index (χ4n) is 2.82. The molecule has 0 spiro atoms. The molecule has 3 aromatic rings. The standard InChI is InChI=1S/C21H24FN7O2/c1-4-5-24-16-7-18(29-19-14(10-28-29)6-13(8-23)9-26-19)25-11-15(16)20(30)27-12-17(22)21(2,3)31/h6-7,9-11,17,31H,4-5,12H2,1-3H3,(H,24,25)(H,27,30). The fraction of sp³-hybridized carbons (Fsp3) is 0.381. The van der Waals surface area contributed by atoms with Crippen LogP contribution in [0.5, 0.6) is 0 Å². The number of hydrogen-bond acceptors (Lipinski definition) is 7. The van der Waals surface area contributed by atoms with Crippen LogP contribution in [0.1, 0.15) is 43.1 Å². The number of pyridine rings is 2. The van der Waals surface area contributed by atoms with Crippen LogP contribution in [-0.4, -0.2) is 55.6 Å². The van der Waals surface area contributed by atoms with Crippen molar-refractivity contribution in [3.05, 3.63) is 41.9 Å². The highest BCUT2D eigenvalue weighted by atomic mass is 19.1. The zero-order valence-corrected chi connectivity index (χ0v) is 17.6. The quantitative estimate of drug-likeness (QED) is 0.505. The molecule has 0 saturated heterocycles. The molecule has 0 bridgehead atoms. The number of amides is 1. The molecule has 0 saturated carbocycles. The molecule has 3 rings (SSSR count). The van der Waals surface area contributed by atoms with Gasteiger partial charge in [-0.2, -0.15) is 15.0 Å². The van der Waals surface area contributed by atoms with Crippen molar-refractivity contribution in [2.45, 2.75) is 39.0 Å². The highest BCUT2D eigenvalue weighted by Crippen LogP contribution is 2.22. The van der Waals surface area contributed by atoms with Gasteiger partial charge in [-0.25, -0.2) is 14.4 Å². The molecule has 3 aromatic heterocycles. The van der Waals surface area contributed by atoms with Crippen molar-refractivity contribution in [3.8, 4) is 11.9 Å². The number of hydrogen-bond donors (Lipinski definition) is 3. The van der Waals surface area contributed by atoms with Crippen molar-refractivity contribution in [1.29, 1.82) is 5.26 Å². The molecule has 0 radical (unpaired) electrons. The van der Waals surface area contributed by atoms with E-state index in [1.54, 1.807) is 18.3 Å². The number of rotatable bonds is 8. The molecular formula is C21H24FN7O2. The minimum absolute atomic E-state index is 0.247. The van der Waals surface area contributed by atoms with Gasteiger partial charge in [0.2, 0.25) is 0 Å². The predicted octanol–water partition coefficient (Wildman–Crippen LogP) is 2.35. The molecule has 1 amide bonds. The Labute approximate surface area is 178 Å². The lowest BCUT2D eigenvalue weighted by atomic mass is 10.0. The van der Waals surface area contributed by atoms with E-state index < -0.39 is 17.7 Å². The summed E-state index contributed by atoms with van der Waals surface area (Å²) in [7, 11) is 0. The third-order valence-electron chi connectivity index (χ3n) is 4.66. The Balaban J connectivity index is 1.91. The number of carbonyl (C=O) groups is 1. The molecule has 0 aliphatic heterocycles. The molecule has 0 fully saturated rings. The van der Waals surface area contributed by atoms with E-state index in [2.05, 4.69) is 25.7 Å². The minimum Gasteiger partial charge on any atom is -0.387 e. The summed E-state index contributed by atoms with van der Waals surface area (Å²) in [5.41, 5.74) is 0.153. The maximum absolute atomic E-state index is 14.0. The van der Waals surface area contributed by atoms with Crippen molar-refractivity contribution in [3.63, 3.8) is 0 Å². The van der Waals surface area contributed by atoms with Gasteiger partial charge in [0, 0.05) is 30.4 Å². The topological polar surface area (TPSA) is 129 Å². The third-order valence-corrected chi connectivity index (χ3v) is 4.66. The second-order valence-corrected chi connectivity index (χ2v) is 7.65. The molecule has 3 heterocycles. The molecule has 3 N–H and O–H groups in total. The number of aliphatic hydroxyl groups is 1. The molecule has 0 aliphatic carbocycles. The van der Waals surface area contributed by atoms with E-state index in [1.165, 1.54) is 30.9 Å². The molecule has 9 nitrogen and oxygen atoms in total. The van der Waals surface area contributed by atoms with E-state index in [0.29, 0.717) is 34.6 Å². The molecule has 162 valence electrons. The number of anilines is 1. The Morgan fingerprint density at radius 1 is 1.32 bits per heavy atom. The van der Waals surface area contributed by atoms with Crippen molar-refractivity contribution in [2.75, 3.05) is 18.4 Å². The van der Waals surface area contributed by atoms with Gasteiger partial charge in [0.05, 0.1) is 35.2 Å². The number of halogens is 1. The largest absolute Gasteiger partial charge is 0.387 e. The first-order valence-corrected chi connectivity index (χ1v) is 9.87. The fourth-order valence-corrected chi connectivity index (χ4v) is 2.82. The van der Waals surface area contributed by atoms with E-state index in [4.69, 9.17) is 5.26 Å². The summed E-state index contributed by atoms with van der Waals surface area (Å²) in [5, 5.41) is 29.4. The van der Waals surface area contributed by atoms with Gasteiger partial charge in [0.25, 0.3) is 5.91 Å². The first-order chi connectivity index (χ1) is 14.7. The maximum Gasteiger partial charge on any atom is 0.255 e. The highest BCUT2D eigenvalue weighted by molar-refractivity contribution is 5.99. The summed E-state index contributed by atoms with van der Waals surface area (Å²) >= 11 is 0. The number of nitriles is 1. The van der Waals surface area contributed by atoms with E-state index in [1.807, 2.05) is 13.0 Å². The van der Waals surface area contributed by atoms with Crippen LogP contribution in [0.15, 0.2) is 30.7 Å². The number of alkyl halides is 1. The summed E-state index contributed by atoms with van der Waals surface area (Å²) < 4.78 is 15.5. The summed E-state index contributed by atoms with van der Waals surface area (Å²) in [6.45, 7) is 4.96. The lowest BCUT2D eigenvalue weighted by Crippen LogP contribution is -2.42. The third kappa shape index (κ3) is 4.95. The van der Waals surface area contributed by atoms with Gasteiger partial charge in [-0.3, -0.25) is 4.79 Å². The lowest BCUT2D eigenvalue weighted by Gasteiger charge is -2.22. The van der Waals surface area contributed by atoms with Gasteiger partial charge in [-0.15, -0.1) is 0 Å². The van der Waals surface area contributed by atoms with Crippen molar-refractivity contribution in [1.82, 2.24) is 25.1 Å². The van der Waals surface area contributed by atoms with Crippen LogP contribution in [0.3, 0.4) is 0 Å². The Morgan fingerprint density at radius 2 is 2.10 bits per heavy atom. The summed E-state index contributed by atoms with van der Waals surface area (Å²) in [6.07, 6.45) is 3.64. The summed E-state index contributed by atoms with van der Waals surface area (Å²) in [5.74, 6) is -0.0751. The first-order valence-electron chi connectivity index (χ1n) is 9.87. The molecule has 10 heteroatoms. The van der Waals surface area contributed by atoms with Crippen molar-refractivity contribution < 1.29 is 14.3 Å². The van der Waals surface area contributed by atoms with Gasteiger partial charge < -0.3 is 15.7 Å². The Kier molecular flexibility index (Phi) is 6.46. The Bertz CT molecular complexity index is 1130. The summed E-state index contributed by atoms with van der Waals surface area (Å²) in [4.78, 5) is 21.2. The van der Waals surface area contributed by atoms with Crippen LogP contribution in [0, 0.1) is 11.3 Å². The molecule has 0 aromatic carbocycles. The monoisotopic (exact) mass is 425 g/mol. The SMILES string of the molecule is CCCNc1cc(-n2ncc3cc(C#N)cnc32)ncc1C(=O)NCC(F)C(C)(C)O.